The Bertz CT molecular complexity index is 712. The van der Waals surface area contributed by atoms with Crippen LogP contribution in [0.25, 0.3) is 0 Å². The fraction of sp³-hybridized carbons (Fsp3) is 0.176. The van der Waals surface area contributed by atoms with Gasteiger partial charge in [-0.15, -0.1) is 0 Å². The van der Waals surface area contributed by atoms with Crippen LogP contribution in [-0.4, -0.2) is 16.3 Å². The Morgan fingerprint density at radius 3 is 2.41 bits per heavy atom. The molecule has 1 fully saturated rings. The third-order valence-electron chi connectivity index (χ3n) is 3.58. The summed E-state index contributed by atoms with van der Waals surface area (Å²) in [7, 11) is 0. The summed E-state index contributed by atoms with van der Waals surface area (Å²) in [6.07, 6.45) is 0.603. The standard InChI is InChI=1S/C17H15ClN2OS/c1-11-2-8-14(9-3-11)20-16(21)15(22-17(20)19)10-12-4-6-13(18)7-5-12/h2-9,15,19H,10H2,1H3/t15-/m1/s1. The molecule has 0 bridgehead atoms. The molecule has 22 heavy (non-hydrogen) atoms. The van der Waals surface area contributed by atoms with Crippen LogP contribution in [0.5, 0.6) is 0 Å². The van der Waals surface area contributed by atoms with Crippen LogP contribution in [0.1, 0.15) is 11.1 Å². The zero-order valence-corrected chi connectivity index (χ0v) is 13.6. The first-order valence-corrected chi connectivity index (χ1v) is 8.20. The van der Waals surface area contributed by atoms with Crippen molar-refractivity contribution in [2.75, 3.05) is 4.90 Å². The van der Waals surface area contributed by atoms with Gasteiger partial charge in [-0.05, 0) is 43.2 Å². The van der Waals surface area contributed by atoms with E-state index in [2.05, 4.69) is 0 Å². The summed E-state index contributed by atoms with van der Waals surface area (Å²) in [6.45, 7) is 2.00. The molecule has 3 nitrogen and oxygen atoms in total. The minimum Gasteiger partial charge on any atom is -0.278 e. The number of nitrogens with zero attached hydrogens (tertiary/aromatic N) is 1. The lowest BCUT2D eigenvalue weighted by molar-refractivity contribution is -0.116. The monoisotopic (exact) mass is 330 g/mol. The summed E-state index contributed by atoms with van der Waals surface area (Å²) in [5.41, 5.74) is 2.94. The van der Waals surface area contributed by atoms with Crippen molar-refractivity contribution >= 4 is 40.1 Å². The van der Waals surface area contributed by atoms with Gasteiger partial charge in [-0.3, -0.25) is 15.1 Å². The van der Waals surface area contributed by atoms with Crippen LogP contribution in [0.4, 0.5) is 5.69 Å². The van der Waals surface area contributed by atoms with E-state index in [0.717, 1.165) is 16.8 Å². The number of aryl methyl sites for hydroxylation is 1. The van der Waals surface area contributed by atoms with Crippen molar-refractivity contribution < 1.29 is 4.79 Å². The van der Waals surface area contributed by atoms with Crippen molar-refractivity contribution in [3.8, 4) is 0 Å². The van der Waals surface area contributed by atoms with Gasteiger partial charge in [0.1, 0.15) is 0 Å². The highest BCUT2D eigenvalue weighted by molar-refractivity contribution is 8.16. The zero-order chi connectivity index (χ0) is 15.7. The van der Waals surface area contributed by atoms with E-state index in [4.69, 9.17) is 17.0 Å². The molecule has 3 rings (SSSR count). The molecule has 0 saturated carbocycles. The first-order chi connectivity index (χ1) is 10.5. The highest BCUT2D eigenvalue weighted by atomic mass is 35.5. The fourth-order valence-corrected chi connectivity index (χ4v) is 3.56. The normalized spacial score (nSPS) is 18.1. The quantitative estimate of drug-likeness (QED) is 0.913. The van der Waals surface area contributed by atoms with Gasteiger partial charge in [-0.1, -0.05) is 53.2 Å². The van der Waals surface area contributed by atoms with Crippen molar-refractivity contribution in [3.63, 3.8) is 0 Å². The summed E-state index contributed by atoms with van der Waals surface area (Å²) >= 11 is 7.19. The lowest BCUT2D eigenvalue weighted by atomic mass is 10.1. The molecule has 1 aliphatic heterocycles. The maximum Gasteiger partial charge on any atom is 0.247 e. The van der Waals surface area contributed by atoms with Crippen molar-refractivity contribution in [2.45, 2.75) is 18.6 Å². The Kier molecular flexibility index (Phi) is 4.23. The second-order valence-corrected chi connectivity index (χ2v) is 6.88. The lowest BCUT2D eigenvalue weighted by Gasteiger charge is -2.15. The number of anilines is 1. The van der Waals surface area contributed by atoms with Crippen molar-refractivity contribution in [1.82, 2.24) is 0 Å². The third kappa shape index (κ3) is 3.03. The number of carbonyl (C=O) groups is 1. The number of halogens is 1. The maximum atomic E-state index is 12.6. The number of nitrogens with one attached hydrogen (secondary N) is 1. The Morgan fingerprint density at radius 2 is 1.77 bits per heavy atom. The minimum atomic E-state index is -0.255. The average molecular weight is 331 g/mol. The van der Waals surface area contributed by atoms with Gasteiger partial charge >= 0.3 is 0 Å². The molecule has 0 aliphatic carbocycles. The first kappa shape index (κ1) is 15.1. The predicted octanol–water partition coefficient (Wildman–Crippen LogP) is 4.27. The summed E-state index contributed by atoms with van der Waals surface area (Å²) in [5.74, 6) is -0.0335. The average Bonchev–Trinajstić information content (AvgIpc) is 2.77. The molecular formula is C17H15ClN2OS. The van der Waals surface area contributed by atoms with Crippen LogP contribution in [0, 0.1) is 12.3 Å². The maximum absolute atomic E-state index is 12.6. The van der Waals surface area contributed by atoms with Crippen LogP contribution in [0.2, 0.25) is 5.02 Å². The van der Waals surface area contributed by atoms with Crippen LogP contribution >= 0.6 is 23.4 Å². The third-order valence-corrected chi connectivity index (χ3v) is 4.89. The lowest BCUT2D eigenvalue weighted by Crippen LogP contribution is -2.32. The first-order valence-electron chi connectivity index (χ1n) is 6.95. The van der Waals surface area contributed by atoms with E-state index in [-0.39, 0.29) is 16.3 Å². The molecule has 0 radical (unpaired) electrons. The van der Waals surface area contributed by atoms with E-state index >= 15 is 0 Å². The molecule has 1 atom stereocenters. The zero-order valence-electron chi connectivity index (χ0n) is 12.0. The summed E-state index contributed by atoms with van der Waals surface area (Å²) in [5, 5.41) is 8.82. The van der Waals surface area contributed by atoms with Crippen LogP contribution in [0.3, 0.4) is 0 Å². The molecule has 2 aromatic rings. The van der Waals surface area contributed by atoms with Crippen LogP contribution in [0.15, 0.2) is 48.5 Å². The highest BCUT2D eigenvalue weighted by Gasteiger charge is 2.37. The van der Waals surface area contributed by atoms with Gasteiger partial charge in [0.05, 0.1) is 10.9 Å². The number of carbonyl (C=O) groups excluding carboxylic acids is 1. The molecule has 1 aliphatic rings. The van der Waals surface area contributed by atoms with E-state index in [0.29, 0.717) is 11.4 Å². The summed E-state index contributed by atoms with van der Waals surface area (Å²) < 4.78 is 0. The van der Waals surface area contributed by atoms with Gasteiger partial charge in [0, 0.05) is 5.02 Å². The number of rotatable bonds is 3. The van der Waals surface area contributed by atoms with Gasteiger partial charge in [0.25, 0.3) is 0 Å². The number of amides is 1. The number of hydrogen-bond donors (Lipinski definition) is 1. The number of hydrogen-bond acceptors (Lipinski definition) is 3. The van der Waals surface area contributed by atoms with Gasteiger partial charge < -0.3 is 0 Å². The van der Waals surface area contributed by atoms with Gasteiger partial charge in [-0.25, -0.2) is 0 Å². The predicted molar refractivity (Wildman–Crippen MR) is 92.9 cm³/mol. The van der Waals surface area contributed by atoms with Crippen molar-refractivity contribution in [2.24, 2.45) is 0 Å². The smallest absolute Gasteiger partial charge is 0.247 e. The highest BCUT2D eigenvalue weighted by Crippen LogP contribution is 2.33. The van der Waals surface area contributed by atoms with Gasteiger partial charge in [0.15, 0.2) is 5.17 Å². The SMILES string of the molecule is Cc1ccc(N2C(=N)S[C@H](Cc3ccc(Cl)cc3)C2=O)cc1. The van der Waals surface area contributed by atoms with E-state index in [1.54, 1.807) is 0 Å². The molecule has 1 heterocycles. The largest absolute Gasteiger partial charge is 0.278 e. The van der Waals surface area contributed by atoms with Crippen LogP contribution < -0.4 is 4.90 Å². The Balaban J connectivity index is 1.79. The molecular weight excluding hydrogens is 316 g/mol. The number of thioether (sulfide) groups is 1. The molecule has 2 aromatic carbocycles. The molecule has 5 heteroatoms. The van der Waals surface area contributed by atoms with Crippen molar-refractivity contribution in [3.05, 3.63) is 64.7 Å². The van der Waals surface area contributed by atoms with Crippen molar-refractivity contribution in [1.29, 1.82) is 5.41 Å². The molecule has 0 aromatic heterocycles. The number of benzene rings is 2. The van der Waals surface area contributed by atoms with E-state index in [1.165, 1.54) is 16.7 Å². The number of amidine groups is 1. The molecule has 1 amide bonds. The summed E-state index contributed by atoms with van der Waals surface area (Å²) in [6, 6.07) is 15.2. The van der Waals surface area contributed by atoms with Gasteiger partial charge in [-0.2, -0.15) is 0 Å². The summed E-state index contributed by atoms with van der Waals surface area (Å²) in [4.78, 5) is 14.1. The van der Waals surface area contributed by atoms with E-state index < -0.39 is 0 Å². The Hall–Kier alpha value is -1.78. The Morgan fingerprint density at radius 1 is 1.14 bits per heavy atom. The van der Waals surface area contributed by atoms with Crippen LogP contribution in [-0.2, 0) is 11.2 Å². The van der Waals surface area contributed by atoms with Gasteiger partial charge in [0.2, 0.25) is 5.91 Å². The van der Waals surface area contributed by atoms with E-state index in [9.17, 15) is 4.79 Å². The fourth-order valence-electron chi connectivity index (χ4n) is 2.38. The second kappa shape index (κ2) is 6.15. The van der Waals surface area contributed by atoms with E-state index in [1.807, 2.05) is 55.5 Å². The topological polar surface area (TPSA) is 44.2 Å². The minimum absolute atomic E-state index is 0.0335. The second-order valence-electron chi connectivity index (χ2n) is 5.25. The molecule has 0 unspecified atom stereocenters. The Labute approximate surface area is 138 Å². The molecule has 1 saturated heterocycles. The molecule has 1 N–H and O–H groups in total. The molecule has 112 valence electrons. The molecule has 0 spiro atoms.